The first-order valence-corrected chi connectivity index (χ1v) is 3.48. The van der Waals surface area contributed by atoms with E-state index in [9.17, 15) is 0 Å². The molecule has 0 N–H and O–H groups in total. The van der Waals surface area contributed by atoms with Gasteiger partial charge in [0.1, 0.15) is 0 Å². The Bertz CT molecular complexity index is 62.3. The third-order valence-electron chi connectivity index (χ3n) is 1.48. The highest BCUT2D eigenvalue weighted by molar-refractivity contribution is 8.00. The fourth-order valence-electron chi connectivity index (χ4n) is 0.959. The van der Waals surface area contributed by atoms with Crippen LogP contribution in [0.2, 0.25) is 0 Å². The van der Waals surface area contributed by atoms with E-state index in [4.69, 9.17) is 0 Å². The van der Waals surface area contributed by atoms with E-state index in [1.807, 2.05) is 0 Å². The highest BCUT2D eigenvalue weighted by atomic mass is 32.2. The summed E-state index contributed by atoms with van der Waals surface area (Å²) in [4.78, 5) is 0. The molecule has 1 saturated carbocycles. The normalized spacial score (nSPS) is 52.0. The minimum atomic E-state index is 1.00. The maximum Gasteiger partial charge on any atom is 0.0113 e. The Labute approximate surface area is 42.3 Å². The third-order valence-corrected chi connectivity index (χ3v) is 2.84. The van der Waals surface area contributed by atoms with Crippen LogP contribution in [0.4, 0.5) is 0 Å². The molecule has 1 heterocycles. The van der Waals surface area contributed by atoms with E-state index in [0.29, 0.717) is 0 Å². The summed E-state index contributed by atoms with van der Waals surface area (Å²) in [5, 5.41) is 1.00. The molecule has 2 fully saturated rings. The van der Waals surface area contributed by atoms with Crippen LogP contribution in [0.1, 0.15) is 6.42 Å². The Hall–Kier alpha value is 0.350. The van der Waals surface area contributed by atoms with Gasteiger partial charge in [-0.15, -0.1) is 0 Å². The van der Waals surface area contributed by atoms with Gasteiger partial charge in [-0.25, -0.2) is 0 Å². The van der Waals surface area contributed by atoms with Crippen molar-refractivity contribution in [2.45, 2.75) is 11.7 Å². The quantitative estimate of drug-likeness (QED) is 0.441. The van der Waals surface area contributed by atoms with E-state index in [-0.39, 0.29) is 0 Å². The lowest BCUT2D eigenvalue weighted by molar-refractivity contribution is 0.871. The van der Waals surface area contributed by atoms with Gasteiger partial charge in [0, 0.05) is 5.25 Å². The van der Waals surface area contributed by atoms with Crippen molar-refractivity contribution in [1.29, 1.82) is 0 Å². The van der Waals surface area contributed by atoms with Crippen molar-refractivity contribution in [1.82, 2.24) is 0 Å². The molecule has 2 unspecified atom stereocenters. The number of hydrogen-bond acceptors (Lipinski definition) is 1. The van der Waals surface area contributed by atoms with Crippen molar-refractivity contribution >= 4 is 11.8 Å². The average Bonchev–Trinajstić information content (AvgIpc) is 2.17. The summed E-state index contributed by atoms with van der Waals surface area (Å²) >= 11 is 2.12. The molecule has 1 radical (unpaired) electrons. The molecule has 2 rings (SSSR count). The van der Waals surface area contributed by atoms with Gasteiger partial charge < -0.3 is 0 Å². The fraction of sp³-hybridized carbons (Fsp3) is 0.800. The largest absolute Gasteiger partial charge is 0.158 e. The Balaban J connectivity index is 2.09. The molecule has 0 nitrogen and oxygen atoms in total. The predicted octanol–water partition coefficient (Wildman–Crippen LogP) is 1.33. The van der Waals surface area contributed by atoms with Gasteiger partial charge in [-0.05, 0) is 24.5 Å². The Morgan fingerprint density at radius 2 is 2.67 bits per heavy atom. The second-order valence-electron chi connectivity index (χ2n) is 1.98. The fourth-order valence-corrected chi connectivity index (χ4v) is 2.34. The average molecular weight is 99.2 g/mol. The van der Waals surface area contributed by atoms with Crippen LogP contribution in [-0.4, -0.2) is 11.0 Å². The lowest BCUT2D eigenvalue weighted by Crippen LogP contribution is -1.69. The number of rotatable bonds is 0. The molecular weight excluding hydrogens is 92.1 g/mol. The highest BCUT2D eigenvalue weighted by Crippen LogP contribution is 2.49. The van der Waals surface area contributed by atoms with Crippen LogP contribution in [0.5, 0.6) is 0 Å². The molecule has 0 bridgehead atoms. The van der Waals surface area contributed by atoms with Crippen LogP contribution in [0, 0.1) is 12.3 Å². The number of thioether (sulfide) groups is 1. The van der Waals surface area contributed by atoms with Crippen LogP contribution in [0.25, 0.3) is 0 Å². The SMILES string of the molecule is [CH]1C2CCSC12. The van der Waals surface area contributed by atoms with E-state index >= 15 is 0 Å². The molecule has 2 aliphatic rings. The zero-order chi connectivity index (χ0) is 3.98. The predicted molar refractivity (Wildman–Crippen MR) is 28.7 cm³/mol. The summed E-state index contributed by atoms with van der Waals surface area (Å²) in [6, 6.07) is 0. The molecule has 0 aromatic carbocycles. The summed E-state index contributed by atoms with van der Waals surface area (Å²) in [6.07, 6.45) is 3.91. The molecule has 6 heavy (non-hydrogen) atoms. The van der Waals surface area contributed by atoms with Crippen molar-refractivity contribution in [3.05, 3.63) is 6.42 Å². The summed E-state index contributed by atoms with van der Waals surface area (Å²) in [6.45, 7) is 0. The molecule has 1 aliphatic heterocycles. The molecule has 0 amide bonds. The van der Waals surface area contributed by atoms with Crippen molar-refractivity contribution in [2.24, 2.45) is 5.92 Å². The van der Waals surface area contributed by atoms with Crippen LogP contribution in [0.3, 0.4) is 0 Å². The molecule has 0 spiro atoms. The first kappa shape index (κ1) is 3.36. The van der Waals surface area contributed by atoms with E-state index < -0.39 is 0 Å². The molecule has 1 heteroatoms. The van der Waals surface area contributed by atoms with Crippen LogP contribution in [-0.2, 0) is 0 Å². The zero-order valence-corrected chi connectivity index (χ0v) is 4.37. The zero-order valence-electron chi connectivity index (χ0n) is 3.55. The van der Waals surface area contributed by atoms with E-state index in [1.165, 1.54) is 12.2 Å². The molecule has 1 aliphatic carbocycles. The molecule has 0 aromatic heterocycles. The van der Waals surface area contributed by atoms with Gasteiger partial charge in [0.15, 0.2) is 0 Å². The molecule has 0 aromatic rings. The second-order valence-corrected chi connectivity index (χ2v) is 3.27. The van der Waals surface area contributed by atoms with Gasteiger partial charge in [0.05, 0.1) is 0 Å². The molecule has 2 atom stereocenters. The summed E-state index contributed by atoms with van der Waals surface area (Å²) in [5.41, 5.74) is 0. The Morgan fingerprint density at radius 1 is 1.67 bits per heavy atom. The lowest BCUT2D eigenvalue weighted by Gasteiger charge is -1.81. The topological polar surface area (TPSA) is 0 Å². The standard InChI is InChI=1S/C5H7S/c1-2-6-5-3-4(1)5/h3-5H,1-2H2. The van der Waals surface area contributed by atoms with Crippen molar-refractivity contribution in [2.75, 3.05) is 5.75 Å². The van der Waals surface area contributed by atoms with Gasteiger partial charge in [0.25, 0.3) is 0 Å². The van der Waals surface area contributed by atoms with Gasteiger partial charge in [0.2, 0.25) is 0 Å². The second kappa shape index (κ2) is 0.945. The summed E-state index contributed by atoms with van der Waals surface area (Å²) in [5.74, 6) is 2.47. The monoisotopic (exact) mass is 99.0 g/mol. The maximum absolute atomic E-state index is 2.44. The van der Waals surface area contributed by atoms with E-state index in [2.05, 4.69) is 18.2 Å². The van der Waals surface area contributed by atoms with E-state index in [0.717, 1.165) is 11.2 Å². The summed E-state index contributed by atoms with van der Waals surface area (Å²) < 4.78 is 0. The summed E-state index contributed by atoms with van der Waals surface area (Å²) in [7, 11) is 0. The smallest absolute Gasteiger partial charge is 0.0113 e. The van der Waals surface area contributed by atoms with Crippen molar-refractivity contribution in [3.8, 4) is 0 Å². The van der Waals surface area contributed by atoms with Crippen molar-refractivity contribution in [3.63, 3.8) is 0 Å². The van der Waals surface area contributed by atoms with Crippen molar-refractivity contribution < 1.29 is 0 Å². The van der Waals surface area contributed by atoms with Gasteiger partial charge in [-0.1, -0.05) is 0 Å². The number of hydrogen-bond donors (Lipinski definition) is 0. The molecule has 1 saturated heterocycles. The minimum absolute atomic E-state index is 1.00. The molecular formula is C5H7S. The number of fused-ring (bicyclic) bond motifs is 1. The van der Waals surface area contributed by atoms with Crippen LogP contribution < -0.4 is 0 Å². The highest BCUT2D eigenvalue weighted by Gasteiger charge is 2.41. The Kier molecular flexibility index (Phi) is 0.530. The first-order chi connectivity index (χ1) is 2.97. The first-order valence-electron chi connectivity index (χ1n) is 2.43. The van der Waals surface area contributed by atoms with Gasteiger partial charge >= 0.3 is 0 Å². The third kappa shape index (κ3) is 0.320. The van der Waals surface area contributed by atoms with Gasteiger partial charge in [-0.3, -0.25) is 0 Å². The van der Waals surface area contributed by atoms with Crippen LogP contribution in [0.15, 0.2) is 0 Å². The van der Waals surface area contributed by atoms with Gasteiger partial charge in [-0.2, -0.15) is 11.8 Å². The van der Waals surface area contributed by atoms with Crippen LogP contribution >= 0.6 is 11.8 Å². The maximum atomic E-state index is 2.44. The lowest BCUT2D eigenvalue weighted by atomic mass is 10.3. The van der Waals surface area contributed by atoms with E-state index in [1.54, 1.807) is 0 Å². The minimum Gasteiger partial charge on any atom is -0.158 e. The molecule has 33 valence electrons. The Morgan fingerprint density at radius 3 is 2.83 bits per heavy atom.